The number of amides is 3. The molecule has 0 unspecified atom stereocenters. The van der Waals surface area contributed by atoms with E-state index in [2.05, 4.69) is 5.32 Å². The zero-order valence-corrected chi connectivity index (χ0v) is 13.9. The van der Waals surface area contributed by atoms with E-state index in [9.17, 15) is 14.4 Å². The molecule has 2 aromatic carbocycles. The number of hydrogen-bond acceptors (Lipinski definition) is 4. The van der Waals surface area contributed by atoms with Gasteiger partial charge in [-0.2, -0.15) is 0 Å². The molecular formula is C20H16N2O4. The Morgan fingerprint density at radius 3 is 2.62 bits per heavy atom. The van der Waals surface area contributed by atoms with E-state index in [0.717, 1.165) is 24.2 Å². The molecule has 3 aliphatic rings. The minimum atomic E-state index is -0.295. The van der Waals surface area contributed by atoms with Crippen LogP contribution in [-0.2, 0) is 0 Å². The van der Waals surface area contributed by atoms with Gasteiger partial charge in [0.25, 0.3) is 17.7 Å². The van der Waals surface area contributed by atoms with Crippen molar-refractivity contribution in [2.75, 3.05) is 6.61 Å². The van der Waals surface area contributed by atoms with Crippen LogP contribution in [0.4, 0.5) is 0 Å². The predicted octanol–water partition coefficient (Wildman–Crippen LogP) is 2.31. The molecule has 5 rings (SSSR count). The maximum atomic E-state index is 12.6. The van der Waals surface area contributed by atoms with Gasteiger partial charge in [-0.25, -0.2) is 0 Å². The van der Waals surface area contributed by atoms with E-state index in [4.69, 9.17) is 4.74 Å². The van der Waals surface area contributed by atoms with Crippen LogP contribution in [0.25, 0.3) is 0 Å². The fraction of sp³-hybridized carbons (Fsp3) is 0.250. The quantitative estimate of drug-likeness (QED) is 0.864. The Balaban J connectivity index is 1.40. The molecule has 2 heterocycles. The summed E-state index contributed by atoms with van der Waals surface area (Å²) in [5, 5.41) is 2.94. The standard InChI is InChI=1S/C20H16N2O4/c23-18(21-16-10-26-17-4-2-1-3-14(16)17)11-5-8-13-15(9-11)20(25)22(19(13)24)12-6-7-12/h1-5,8-9,12,16H,6-7,10H2,(H,21,23)/t16-/m1/s1. The first-order chi connectivity index (χ1) is 12.6. The van der Waals surface area contributed by atoms with Crippen molar-refractivity contribution in [1.29, 1.82) is 0 Å². The summed E-state index contributed by atoms with van der Waals surface area (Å²) < 4.78 is 5.58. The normalized spacial score (nSPS) is 20.6. The van der Waals surface area contributed by atoms with Gasteiger partial charge in [-0.15, -0.1) is 0 Å². The Kier molecular flexibility index (Phi) is 3.16. The van der Waals surface area contributed by atoms with E-state index in [1.807, 2.05) is 24.3 Å². The number of imide groups is 1. The van der Waals surface area contributed by atoms with Gasteiger partial charge < -0.3 is 10.1 Å². The molecule has 0 saturated heterocycles. The number of benzene rings is 2. The van der Waals surface area contributed by atoms with Gasteiger partial charge >= 0.3 is 0 Å². The Morgan fingerprint density at radius 2 is 1.81 bits per heavy atom. The molecule has 1 fully saturated rings. The summed E-state index contributed by atoms with van der Waals surface area (Å²) in [4.78, 5) is 38.9. The summed E-state index contributed by atoms with van der Waals surface area (Å²) in [5.41, 5.74) is 2.01. The second-order valence-electron chi connectivity index (χ2n) is 6.85. The smallest absolute Gasteiger partial charge is 0.261 e. The molecule has 1 N–H and O–H groups in total. The average molecular weight is 348 g/mol. The van der Waals surface area contributed by atoms with E-state index in [-0.39, 0.29) is 29.8 Å². The van der Waals surface area contributed by atoms with Gasteiger partial charge in [0.05, 0.1) is 17.2 Å². The number of para-hydroxylation sites is 1. The maximum Gasteiger partial charge on any atom is 0.261 e. The molecule has 6 heteroatoms. The van der Waals surface area contributed by atoms with Gasteiger partial charge in [0, 0.05) is 17.2 Å². The summed E-state index contributed by atoms with van der Waals surface area (Å²) in [7, 11) is 0. The van der Waals surface area contributed by atoms with Crippen molar-refractivity contribution < 1.29 is 19.1 Å². The third-order valence-electron chi connectivity index (χ3n) is 5.10. The third kappa shape index (κ3) is 2.22. The molecule has 3 amide bonds. The maximum absolute atomic E-state index is 12.6. The van der Waals surface area contributed by atoms with Crippen molar-refractivity contribution in [3.8, 4) is 5.75 Å². The highest BCUT2D eigenvalue weighted by Crippen LogP contribution is 2.35. The van der Waals surface area contributed by atoms with Gasteiger partial charge in [0.15, 0.2) is 0 Å². The second-order valence-corrected chi connectivity index (χ2v) is 6.85. The number of ether oxygens (including phenoxy) is 1. The SMILES string of the molecule is O=C(N[C@@H]1COc2ccccc21)c1ccc2c(c1)C(=O)N(C1CC1)C2=O. The lowest BCUT2D eigenvalue weighted by Crippen LogP contribution is -2.31. The molecule has 130 valence electrons. The first-order valence-corrected chi connectivity index (χ1v) is 8.68. The van der Waals surface area contributed by atoms with Crippen LogP contribution in [0.2, 0.25) is 0 Å². The van der Waals surface area contributed by atoms with Crippen molar-refractivity contribution >= 4 is 17.7 Å². The minimum absolute atomic E-state index is 0.0202. The van der Waals surface area contributed by atoms with E-state index in [0.29, 0.717) is 23.3 Å². The van der Waals surface area contributed by atoms with Gasteiger partial charge in [-0.05, 0) is 37.1 Å². The molecule has 0 spiro atoms. The molecule has 1 atom stereocenters. The molecule has 1 aliphatic carbocycles. The summed E-state index contributed by atoms with van der Waals surface area (Å²) in [5.74, 6) is -0.0647. The topological polar surface area (TPSA) is 75.7 Å². The van der Waals surface area contributed by atoms with Crippen LogP contribution >= 0.6 is 0 Å². The Bertz CT molecular complexity index is 964. The monoisotopic (exact) mass is 348 g/mol. The minimum Gasteiger partial charge on any atom is -0.491 e. The van der Waals surface area contributed by atoms with Gasteiger partial charge in [-0.3, -0.25) is 19.3 Å². The Labute approximate surface area is 149 Å². The average Bonchev–Trinajstić information content (AvgIpc) is 3.36. The van der Waals surface area contributed by atoms with Gasteiger partial charge in [0.2, 0.25) is 0 Å². The lowest BCUT2D eigenvalue weighted by Gasteiger charge is -2.12. The highest BCUT2D eigenvalue weighted by Gasteiger charge is 2.44. The number of carbonyl (C=O) groups is 3. The van der Waals surface area contributed by atoms with Crippen LogP contribution in [0.5, 0.6) is 5.75 Å². The van der Waals surface area contributed by atoms with E-state index in [1.165, 1.54) is 11.0 Å². The summed E-state index contributed by atoms with van der Waals surface area (Å²) >= 11 is 0. The summed E-state index contributed by atoms with van der Waals surface area (Å²) in [6.45, 7) is 0.378. The van der Waals surface area contributed by atoms with Crippen LogP contribution < -0.4 is 10.1 Å². The van der Waals surface area contributed by atoms with Crippen molar-refractivity contribution in [3.05, 3.63) is 64.7 Å². The highest BCUT2D eigenvalue weighted by atomic mass is 16.5. The molecule has 0 radical (unpaired) electrons. The Morgan fingerprint density at radius 1 is 1.04 bits per heavy atom. The van der Waals surface area contributed by atoms with Crippen molar-refractivity contribution in [3.63, 3.8) is 0 Å². The van der Waals surface area contributed by atoms with E-state index < -0.39 is 0 Å². The van der Waals surface area contributed by atoms with Crippen molar-refractivity contribution in [2.45, 2.75) is 24.9 Å². The number of rotatable bonds is 3. The van der Waals surface area contributed by atoms with Crippen LogP contribution in [0.3, 0.4) is 0 Å². The number of carbonyl (C=O) groups excluding carboxylic acids is 3. The lowest BCUT2D eigenvalue weighted by molar-refractivity contribution is 0.0642. The zero-order valence-electron chi connectivity index (χ0n) is 13.9. The Hall–Kier alpha value is -3.15. The van der Waals surface area contributed by atoms with Crippen LogP contribution in [0.1, 0.15) is 55.5 Å². The lowest BCUT2D eigenvalue weighted by atomic mass is 10.0. The number of hydrogen-bond donors (Lipinski definition) is 1. The fourth-order valence-electron chi connectivity index (χ4n) is 3.59. The van der Waals surface area contributed by atoms with E-state index in [1.54, 1.807) is 12.1 Å². The van der Waals surface area contributed by atoms with Gasteiger partial charge in [0.1, 0.15) is 12.4 Å². The molecule has 1 saturated carbocycles. The van der Waals surface area contributed by atoms with Crippen molar-refractivity contribution in [1.82, 2.24) is 10.2 Å². The molecule has 0 bridgehead atoms. The number of nitrogens with one attached hydrogen (secondary N) is 1. The number of nitrogens with zero attached hydrogens (tertiary/aromatic N) is 1. The number of fused-ring (bicyclic) bond motifs is 2. The van der Waals surface area contributed by atoms with Crippen molar-refractivity contribution in [2.24, 2.45) is 0 Å². The first-order valence-electron chi connectivity index (χ1n) is 8.68. The van der Waals surface area contributed by atoms with Crippen LogP contribution in [-0.4, -0.2) is 35.3 Å². The second kappa shape index (κ2) is 5.42. The molecule has 26 heavy (non-hydrogen) atoms. The van der Waals surface area contributed by atoms with Crippen LogP contribution in [0.15, 0.2) is 42.5 Å². The molecule has 6 nitrogen and oxygen atoms in total. The fourth-order valence-corrected chi connectivity index (χ4v) is 3.59. The molecular weight excluding hydrogens is 332 g/mol. The predicted molar refractivity (Wildman–Crippen MR) is 92.1 cm³/mol. The first kappa shape index (κ1) is 15.1. The van der Waals surface area contributed by atoms with E-state index >= 15 is 0 Å². The van der Waals surface area contributed by atoms with Crippen LogP contribution in [0, 0.1) is 0 Å². The summed E-state index contributed by atoms with van der Waals surface area (Å²) in [6.07, 6.45) is 1.72. The molecule has 2 aromatic rings. The third-order valence-corrected chi connectivity index (χ3v) is 5.10. The molecule has 2 aliphatic heterocycles. The molecule has 0 aromatic heterocycles. The largest absolute Gasteiger partial charge is 0.491 e. The highest BCUT2D eigenvalue weighted by molar-refractivity contribution is 6.22. The van der Waals surface area contributed by atoms with Gasteiger partial charge in [-0.1, -0.05) is 18.2 Å². The summed E-state index contributed by atoms with van der Waals surface area (Å²) in [6, 6.07) is 12.1. The zero-order chi connectivity index (χ0) is 17.8.